The summed E-state index contributed by atoms with van der Waals surface area (Å²) in [6.07, 6.45) is 1.80. The largest absolute Gasteiger partial charge is 0.437 e. The van der Waals surface area contributed by atoms with Crippen molar-refractivity contribution in [1.29, 1.82) is 0 Å². The Bertz CT molecular complexity index is 768. The normalized spacial score (nSPS) is 16.4. The molecule has 8 heteroatoms. The quantitative estimate of drug-likeness (QED) is 0.793. The van der Waals surface area contributed by atoms with Crippen LogP contribution >= 0.6 is 11.6 Å². The molecule has 1 atom stereocenters. The van der Waals surface area contributed by atoms with Gasteiger partial charge in [-0.05, 0) is 18.2 Å². The lowest BCUT2D eigenvalue weighted by Gasteiger charge is -2.12. The van der Waals surface area contributed by atoms with Crippen LogP contribution in [-0.2, 0) is 4.79 Å². The van der Waals surface area contributed by atoms with E-state index in [1.165, 1.54) is 6.20 Å². The number of benzene rings is 1. The van der Waals surface area contributed by atoms with Gasteiger partial charge in [-0.3, -0.25) is 4.79 Å². The highest BCUT2D eigenvalue weighted by Crippen LogP contribution is 2.28. The van der Waals surface area contributed by atoms with Gasteiger partial charge in [0.05, 0.1) is 11.1 Å². The number of hydrogen-bond acceptors (Lipinski definition) is 4. The van der Waals surface area contributed by atoms with E-state index in [1.807, 2.05) is 0 Å². The summed E-state index contributed by atoms with van der Waals surface area (Å²) in [7, 11) is 0. The van der Waals surface area contributed by atoms with Crippen LogP contribution in [0.2, 0.25) is 5.02 Å². The van der Waals surface area contributed by atoms with E-state index >= 15 is 0 Å². The Kier molecular flexibility index (Phi) is 4.81. The Hall–Kier alpha value is -2.80. The Morgan fingerprint density at radius 3 is 2.92 bits per heavy atom. The van der Waals surface area contributed by atoms with Gasteiger partial charge < -0.3 is 20.7 Å². The van der Waals surface area contributed by atoms with Crippen molar-refractivity contribution in [3.63, 3.8) is 0 Å². The van der Waals surface area contributed by atoms with Crippen molar-refractivity contribution >= 4 is 29.2 Å². The van der Waals surface area contributed by atoms with Crippen molar-refractivity contribution in [2.45, 2.75) is 12.5 Å². The van der Waals surface area contributed by atoms with Crippen LogP contribution in [0.15, 0.2) is 42.6 Å². The third-order valence-corrected chi connectivity index (χ3v) is 3.67. The summed E-state index contributed by atoms with van der Waals surface area (Å²) in [5.74, 6) is 0.710. The SMILES string of the molecule is O=C1CC(NC(=O)Nc2ccnc(Oc3ccccc3Cl)c2)CN1. The third kappa shape index (κ3) is 4.14. The van der Waals surface area contributed by atoms with Gasteiger partial charge in [0.15, 0.2) is 0 Å². The maximum Gasteiger partial charge on any atom is 0.319 e. The summed E-state index contributed by atoms with van der Waals surface area (Å²) in [5.41, 5.74) is 0.516. The van der Waals surface area contributed by atoms with Crippen LogP contribution in [-0.4, -0.2) is 29.5 Å². The lowest BCUT2D eigenvalue weighted by molar-refractivity contribution is -0.119. The van der Waals surface area contributed by atoms with Crippen LogP contribution in [0.3, 0.4) is 0 Å². The van der Waals surface area contributed by atoms with Crippen molar-refractivity contribution in [1.82, 2.24) is 15.6 Å². The number of nitrogens with zero attached hydrogens (tertiary/aromatic N) is 1. The Labute approximate surface area is 143 Å². The van der Waals surface area contributed by atoms with E-state index in [0.717, 1.165) is 0 Å². The van der Waals surface area contributed by atoms with E-state index < -0.39 is 6.03 Å². The lowest BCUT2D eigenvalue weighted by Crippen LogP contribution is -2.39. The van der Waals surface area contributed by atoms with Crippen molar-refractivity contribution in [3.8, 4) is 11.6 Å². The highest BCUT2D eigenvalue weighted by Gasteiger charge is 2.22. The number of carbonyl (C=O) groups is 2. The summed E-state index contributed by atoms with van der Waals surface area (Å²) < 4.78 is 5.61. The van der Waals surface area contributed by atoms with E-state index in [2.05, 4.69) is 20.9 Å². The molecule has 1 aromatic heterocycles. The minimum absolute atomic E-state index is 0.0698. The number of amides is 3. The number of pyridine rings is 1. The maximum atomic E-state index is 12.0. The molecule has 1 saturated heterocycles. The lowest BCUT2D eigenvalue weighted by atomic mass is 10.2. The van der Waals surface area contributed by atoms with Gasteiger partial charge in [0, 0.05) is 30.9 Å². The molecule has 1 aromatic carbocycles. The first-order chi connectivity index (χ1) is 11.6. The summed E-state index contributed by atoms with van der Waals surface area (Å²) in [4.78, 5) is 27.2. The fourth-order valence-electron chi connectivity index (χ4n) is 2.24. The van der Waals surface area contributed by atoms with E-state index in [4.69, 9.17) is 16.3 Å². The number of nitrogens with one attached hydrogen (secondary N) is 3. The summed E-state index contributed by atoms with van der Waals surface area (Å²) >= 11 is 6.04. The van der Waals surface area contributed by atoms with Crippen LogP contribution in [0.4, 0.5) is 10.5 Å². The van der Waals surface area contributed by atoms with Crippen LogP contribution in [0.1, 0.15) is 6.42 Å². The number of urea groups is 1. The second-order valence-corrected chi connectivity index (χ2v) is 5.63. The molecule has 1 aliphatic heterocycles. The van der Waals surface area contributed by atoms with E-state index in [1.54, 1.807) is 36.4 Å². The number of aromatic nitrogens is 1. The predicted octanol–water partition coefficient (Wildman–Crippen LogP) is 2.54. The van der Waals surface area contributed by atoms with Crippen molar-refractivity contribution in [3.05, 3.63) is 47.6 Å². The Morgan fingerprint density at radius 1 is 1.33 bits per heavy atom. The van der Waals surface area contributed by atoms with Gasteiger partial charge in [-0.15, -0.1) is 0 Å². The monoisotopic (exact) mass is 346 g/mol. The zero-order valence-electron chi connectivity index (χ0n) is 12.6. The molecule has 0 spiro atoms. The zero-order chi connectivity index (χ0) is 16.9. The fourth-order valence-corrected chi connectivity index (χ4v) is 2.42. The Balaban J connectivity index is 1.61. The van der Waals surface area contributed by atoms with Crippen molar-refractivity contribution in [2.24, 2.45) is 0 Å². The second-order valence-electron chi connectivity index (χ2n) is 5.22. The highest BCUT2D eigenvalue weighted by molar-refractivity contribution is 6.32. The maximum absolute atomic E-state index is 12.0. The summed E-state index contributed by atoms with van der Waals surface area (Å²) in [5, 5.41) is 8.53. The van der Waals surface area contributed by atoms with Crippen LogP contribution in [0.5, 0.6) is 11.6 Å². The standard InChI is InChI=1S/C16H15ClN4O3/c17-12-3-1-2-4-13(12)24-15-8-10(5-6-18-15)20-16(23)21-11-7-14(22)19-9-11/h1-6,8,11H,7,9H2,(H,19,22)(H2,18,20,21,23). The first-order valence-corrected chi connectivity index (χ1v) is 7.70. The molecule has 0 radical (unpaired) electrons. The number of ether oxygens (including phenoxy) is 1. The average Bonchev–Trinajstić information content (AvgIpc) is 2.95. The average molecular weight is 347 g/mol. The predicted molar refractivity (Wildman–Crippen MR) is 89.3 cm³/mol. The van der Waals surface area contributed by atoms with Gasteiger partial charge in [0.1, 0.15) is 5.75 Å². The van der Waals surface area contributed by atoms with Gasteiger partial charge in [0.2, 0.25) is 11.8 Å². The number of halogens is 1. The first kappa shape index (κ1) is 16.1. The molecule has 3 rings (SSSR count). The number of rotatable bonds is 4. The number of anilines is 1. The molecule has 0 bridgehead atoms. The minimum Gasteiger partial charge on any atom is -0.437 e. The summed E-state index contributed by atoms with van der Waals surface area (Å²) in [6, 6.07) is 9.65. The van der Waals surface area contributed by atoms with Crippen LogP contribution in [0.25, 0.3) is 0 Å². The van der Waals surface area contributed by atoms with Gasteiger partial charge in [0.25, 0.3) is 0 Å². The molecule has 1 fully saturated rings. The molecule has 7 nitrogen and oxygen atoms in total. The molecule has 2 aromatic rings. The van der Waals surface area contributed by atoms with Crippen molar-refractivity contribution in [2.75, 3.05) is 11.9 Å². The topological polar surface area (TPSA) is 92.4 Å². The number of para-hydroxylation sites is 1. The van der Waals surface area contributed by atoms with E-state index in [-0.39, 0.29) is 18.4 Å². The van der Waals surface area contributed by atoms with Crippen LogP contribution in [0, 0.1) is 0 Å². The van der Waals surface area contributed by atoms with Gasteiger partial charge >= 0.3 is 6.03 Å². The van der Waals surface area contributed by atoms with Gasteiger partial charge in [-0.2, -0.15) is 0 Å². The molecular weight excluding hydrogens is 332 g/mol. The molecule has 1 aliphatic rings. The molecule has 0 aliphatic carbocycles. The minimum atomic E-state index is -0.397. The number of hydrogen-bond donors (Lipinski definition) is 3. The fraction of sp³-hybridized carbons (Fsp3) is 0.188. The molecule has 0 saturated carbocycles. The molecule has 2 heterocycles. The summed E-state index contributed by atoms with van der Waals surface area (Å²) in [6.45, 7) is 0.434. The van der Waals surface area contributed by atoms with Crippen molar-refractivity contribution < 1.29 is 14.3 Å². The molecule has 24 heavy (non-hydrogen) atoms. The van der Waals surface area contributed by atoms with E-state index in [0.29, 0.717) is 28.9 Å². The molecule has 3 N–H and O–H groups in total. The third-order valence-electron chi connectivity index (χ3n) is 3.36. The first-order valence-electron chi connectivity index (χ1n) is 7.33. The molecule has 3 amide bonds. The molecule has 124 valence electrons. The Morgan fingerprint density at radius 2 is 2.17 bits per heavy atom. The molecule has 1 unspecified atom stereocenters. The smallest absolute Gasteiger partial charge is 0.319 e. The van der Waals surface area contributed by atoms with Crippen LogP contribution < -0.4 is 20.7 Å². The van der Waals surface area contributed by atoms with E-state index in [9.17, 15) is 9.59 Å². The highest BCUT2D eigenvalue weighted by atomic mass is 35.5. The van der Waals surface area contributed by atoms with Gasteiger partial charge in [-0.25, -0.2) is 9.78 Å². The molecular formula is C16H15ClN4O3. The zero-order valence-corrected chi connectivity index (χ0v) is 13.3. The van der Waals surface area contributed by atoms with Gasteiger partial charge in [-0.1, -0.05) is 23.7 Å². The number of carbonyl (C=O) groups excluding carboxylic acids is 2. The second kappa shape index (κ2) is 7.18.